The zero-order valence-electron chi connectivity index (χ0n) is 15.7. The minimum absolute atomic E-state index is 0.0570. The molecular weight excluding hydrogens is 345 g/mol. The Bertz CT molecular complexity index is 724. The highest BCUT2D eigenvalue weighted by Gasteiger charge is 2.23. The molecule has 2 aromatic rings. The highest BCUT2D eigenvalue weighted by molar-refractivity contribution is 5.94. The van der Waals surface area contributed by atoms with Crippen LogP contribution in [0.15, 0.2) is 48.5 Å². The van der Waals surface area contributed by atoms with Gasteiger partial charge in [0.05, 0.1) is 12.7 Å². The summed E-state index contributed by atoms with van der Waals surface area (Å²) >= 11 is 0. The summed E-state index contributed by atoms with van der Waals surface area (Å²) in [7, 11) is 0. The Morgan fingerprint density at radius 3 is 2.56 bits per heavy atom. The van der Waals surface area contributed by atoms with E-state index in [2.05, 4.69) is 6.92 Å². The molecule has 2 aromatic carbocycles. The van der Waals surface area contributed by atoms with Crippen LogP contribution in [0.4, 0.5) is 4.39 Å². The van der Waals surface area contributed by atoms with Crippen LogP contribution in [0.2, 0.25) is 0 Å². The van der Waals surface area contributed by atoms with Gasteiger partial charge in [-0.2, -0.15) is 0 Å². The van der Waals surface area contributed by atoms with E-state index in [1.807, 2.05) is 12.1 Å². The topological polar surface area (TPSA) is 38.8 Å². The van der Waals surface area contributed by atoms with Gasteiger partial charge in [-0.15, -0.1) is 0 Å². The van der Waals surface area contributed by atoms with E-state index in [-0.39, 0.29) is 17.8 Å². The van der Waals surface area contributed by atoms with Crippen molar-refractivity contribution in [1.82, 2.24) is 4.90 Å². The first-order chi connectivity index (χ1) is 13.2. The molecule has 0 bridgehead atoms. The quantitative estimate of drug-likeness (QED) is 0.689. The standard InChI is InChI=1S/C22H26FNO3/c1-2-13-26-20-11-7-18(8-12-20)22(25)24(16-21-4-3-14-27-21)15-17-5-9-19(23)10-6-17/h5-12,21H,2-4,13-16H2,1H3. The molecule has 0 saturated carbocycles. The zero-order chi connectivity index (χ0) is 19.1. The highest BCUT2D eigenvalue weighted by Crippen LogP contribution is 2.19. The Balaban J connectivity index is 1.73. The van der Waals surface area contributed by atoms with Crippen molar-refractivity contribution >= 4 is 5.91 Å². The molecule has 5 heteroatoms. The minimum Gasteiger partial charge on any atom is -0.494 e. The number of ether oxygens (including phenoxy) is 2. The van der Waals surface area contributed by atoms with E-state index in [9.17, 15) is 9.18 Å². The Labute approximate surface area is 159 Å². The van der Waals surface area contributed by atoms with E-state index >= 15 is 0 Å². The Hall–Kier alpha value is -2.40. The highest BCUT2D eigenvalue weighted by atomic mass is 19.1. The molecular formula is C22H26FNO3. The first-order valence-electron chi connectivity index (χ1n) is 9.54. The summed E-state index contributed by atoms with van der Waals surface area (Å²) in [4.78, 5) is 14.9. The maximum absolute atomic E-state index is 13.2. The number of benzene rings is 2. The fraction of sp³-hybridized carbons (Fsp3) is 0.409. The smallest absolute Gasteiger partial charge is 0.254 e. The lowest BCUT2D eigenvalue weighted by Crippen LogP contribution is -2.37. The molecule has 27 heavy (non-hydrogen) atoms. The molecule has 4 nitrogen and oxygen atoms in total. The maximum Gasteiger partial charge on any atom is 0.254 e. The molecule has 0 aromatic heterocycles. The van der Waals surface area contributed by atoms with Gasteiger partial charge in [0.1, 0.15) is 11.6 Å². The van der Waals surface area contributed by atoms with Crippen LogP contribution >= 0.6 is 0 Å². The molecule has 144 valence electrons. The molecule has 1 fully saturated rings. The fourth-order valence-corrected chi connectivity index (χ4v) is 3.16. The fourth-order valence-electron chi connectivity index (χ4n) is 3.16. The van der Waals surface area contributed by atoms with Gasteiger partial charge in [0, 0.05) is 25.3 Å². The van der Waals surface area contributed by atoms with Crippen molar-refractivity contribution in [2.24, 2.45) is 0 Å². The summed E-state index contributed by atoms with van der Waals surface area (Å²) in [6, 6.07) is 13.5. The lowest BCUT2D eigenvalue weighted by atomic mass is 10.1. The number of halogens is 1. The molecule has 0 N–H and O–H groups in total. The predicted octanol–water partition coefficient (Wildman–Crippen LogP) is 4.44. The number of hydrogen-bond donors (Lipinski definition) is 0. The summed E-state index contributed by atoms with van der Waals surface area (Å²) in [6.07, 6.45) is 2.97. The summed E-state index contributed by atoms with van der Waals surface area (Å²) in [6.45, 7) is 4.41. The van der Waals surface area contributed by atoms with Crippen LogP contribution in [0.1, 0.15) is 42.1 Å². The van der Waals surface area contributed by atoms with Crippen molar-refractivity contribution in [1.29, 1.82) is 0 Å². The minimum atomic E-state index is -0.279. The summed E-state index contributed by atoms with van der Waals surface area (Å²) < 4.78 is 24.5. The van der Waals surface area contributed by atoms with Crippen LogP contribution in [0.3, 0.4) is 0 Å². The lowest BCUT2D eigenvalue weighted by molar-refractivity contribution is 0.0507. The average molecular weight is 371 g/mol. The van der Waals surface area contributed by atoms with Crippen molar-refractivity contribution in [3.8, 4) is 5.75 Å². The molecule has 1 aliphatic heterocycles. The van der Waals surface area contributed by atoms with E-state index in [1.54, 1.807) is 29.2 Å². The normalized spacial score (nSPS) is 16.3. The van der Waals surface area contributed by atoms with Crippen molar-refractivity contribution in [2.75, 3.05) is 19.8 Å². The van der Waals surface area contributed by atoms with E-state index in [1.165, 1.54) is 12.1 Å². The van der Waals surface area contributed by atoms with Crippen molar-refractivity contribution in [2.45, 2.75) is 38.8 Å². The van der Waals surface area contributed by atoms with Gasteiger partial charge in [-0.25, -0.2) is 4.39 Å². The Morgan fingerprint density at radius 1 is 1.19 bits per heavy atom. The molecule has 0 spiro atoms. The van der Waals surface area contributed by atoms with Gasteiger partial charge in [0.15, 0.2) is 0 Å². The van der Waals surface area contributed by atoms with Crippen LogP contribution in [-0.2, 0) is 11.3 Å². The van der Waals surface area contributed by atoms with Gasteiger partial charge < -0.3 is 14.4 Å². The number of hydrogen-bond acceptors (Lipinski definition) is 3. The van der Waals surface area contributed by atoms with Crippen molar-refractivity contribution in [3.05, 3.63) is 65.5 Å². The third-order valence-corrected chi connectivity index (χ3v) is 4.60. The molecule has 3 rings (SSSR count). The first-order valence-corrected chi connectivity index (χ1v) is 9.54. The predicted molar refractivity (Wildman–Crippen MR) is 102 cm³/mol. The SMILES string of the molecule is CCCOc1ccc(C(=O)N(Cc2ccc(F)cc2)CC2CCCO2)cc1. The third kappa shape index (κ3) is 5.54. The van der Waals surface area contributed by atoms with Crippen LogP contribution in [-0.4, -0.2) is 36.7 Å². The second-order valence-corrected chi connectivity index (χ2v) is 6.82. The number of carbonyl (C=O) groups excluding carboxylic acids is 1. The van der Waals surface area contributed by atoms with Gasteiger partial charge in [-0.1, -0.05) is 19.1 Å². The second kappa shape index (κ2) is 9.51. The van der Waals surface area contributed by atoms with Crippen LogP contribution in [0.5, 0.6) is 5.75 Å². The molecule has 1 heterocycles. The summed E-state index contributed by atoms with van der Waals surface area (Å²) in [5.74, 6) is 0.424. The number of nitrogens with zero attached hydrogens (tertiary/aromatic N) is 1. The molecule has 0 radical (unpaired) electrons. The van der Waals surface area contributed by atoms with E-state index in [4.69, 9.17) is 9.47 Å². The van der Waals surface area contributed by atoms with Crippen LogP contribution < -0.4 is 4.74 Å². The zero-order valence-corrected chi connectivity index (χ0v) is 15.7. The average Bonchev–Trinajstić information content (AvgIpc) is 3.20. The van der Waals surface area contributed by atoms with Gasteiger partial charge in [0.25, 0.3) is 5.91 Å². The second-order valence-electron chi connectivity index (χ2n) is 6.82. The van der Waals surface area contributed by atoms with Crippen molar-refractivity contribution < 1.29 is 18.7 Å². The maximum atomic E-state index is 13.2. The molecule has 1 saturated heterocycles. The Kier molecular flexibility index (Phi) is 6.82. The van der Waals surface area contributed by atoms with E-state index in [0.29, 0.717) is 25.3 Å². The molecule has 1 unspecified atom stereocenters. The molecule has 1 atom stereocenters. The Morgan fingerprint density at radius 2 is 1.93 bits per heavy atom. The van der Waals surface area contributed by atoms with E-state index in [0.717, 1.165) is 37.2 Å². The van der Waals surface area contributed by atoms with Gasteiger partial charge in [-0.3, -0.25) is 4.79 Å². The van der Waals surface area contributed by atoms with Gasteiger partial charge in [-0.05, 0) is 61.2 Å². The summed E-state index contributed by atoms with van der Waals surface area (Å²) in [5.41, 5.74) is 1.50. The lowest BCUT2D eigenvalue weighted by Gasteiger charge is -2.26. The van der Waals surface area contributed by atoms with Gasteiger partial charge in [0.2, 0.25) is 0 Å². The summed E-state index contributed by atoms with van der Waals surface area (Å²) in [5, 5.41) is 0. The van der Waals surface area contributed by atoms with Crippen LogP contribution in [0, 0.1) is 5.82 Å². The van der Waals surface area contributed by atoms with Gasteiger partial charge >= 0.3 is 0 Å². The van der Waals surface area contributed by atoms with E-state index < -0.39 is 0 Å². The molecule has 1 aliphatic rings. The van der Waals surface area contributed by atoms with Crippen molar-refractivity contribution in [3.63, 3.8) is 0 Å². The number of amides is 1. The monoisotopic (exact) mass is 371 g/mol. The van der Waals surface area contributed by atoms with Crippen LogP contribution in [0.25, 0.3) is 0 Å². The molecule has 0 aliphatic carbocycles. The number of carbonyl (C=O) groups is 1. The largest absolute Gasteiger partial charge is 0.494 e. The first kappa shape index (κ1) is 19.4. The third-order valence-electron chi connectivity index (χ3n) is 4.60. The molecule has 1 amide bonds. The number of rotatable bonds is 8.